The Labute approximate surface area is 196 Å². The standard InChI is InChI=1S/C26H36N4O3/c1-26(2,3)28-25(32)29-12-13-30-20(14-29)22(24(27)31)21(23(30)18-6-7-18)17-8-10-19(11-9-17)33-15-16-4-5-16/h8-11,16,18,20,22H,4-7,12-15H2,1-3H3,(H2,27,31)(H,28,32). The molecule has 4 aliphatic rings. The summed E-state index contributed by atoms with van der Waals surface area (Å²) in [5.74, 6) is 1.31. The number of nitrogens with zero attached hydrogens (tertiary/aromatic N) is 2. The van der Waals surface area contributed by atoms with Gasteiger partial charge in [0, 0.05) is 30.9 Å². The van der Waals surface area contributed by atoms with Crippen molar-refractivity contribution in [2.24, 2.45) is 23.5 Å². The lowest BCUT2D eigenvalue weighted by Gasteiger charge is -2.42. The summed E-state index contributed by atoms with van der Waals surface area (Å²) in [6.45, 7) is 8.58. The molecule has 7 nitrogen and oxygen atoms in total. The summed E-state index contributed by atoms with van der Waals surface area (Å²) >= 11 is 0. The van der Waals surface area contributed by atoms with E-state index < -0.39 is 5.92 Å². The number of amides is 3. The number of nitrogens with two attached hydrogens (primary N) is 1. The van der Waals surface area contributed by atoms with Gasteiger partial charge in [-0.15, -0.1) is 0 Å². The number of primary amides is 1. The third kappa shape index (κ3) is 4.68. The maximum absolute atomic E-state index is 12.9. The number of hydrogen-bond acceptors (Lipinski definition) is 4. The van der Waals surface area contributed by atoms with Gasteiger partial charge in [0.2, 0.25) is 5.91 Å². The van der Waals surface area contributed by atoms with Crippen LogP contribution in [-0.2, 0) is 4.79 Å². The van der Waals surface area contributed by atoms with Gasteiger partial charge in [-0.05, 0) is 81.6 Å². The SMILES string of the molecule is CC(C)(C)NC(=O)N1CCN2C(C3CC3)=C(c3ccc(OCC4CC4)cc3)C(C(N)=O)C2C1. The van der Waals surface area contributed by atoms with Crippen LogP contribution in [0.4, 0.5) is 4.79 Å². The second-order valence-electron chi connectivity index (χ2n) is 11.1. The highest BCUT2D eigenvalue weighted by Crippen LogP contribution is 2.51. The molecular weight excluding hydrogens is 416 g/mol. The summed E-state index contributed by atoms with van der Waals surface area (Å²) < 4.78 is 5.91. The number of carbonyl (C=O) groups excluding carboxylic acids is 2. The molecular formula is C26H36N4O3. The van der Waals surface area contributed by atoms with Crippen LogP contribution >= 0.6 is 0 Å². The summed E-state index contributed by atoms with van der Waals surface area (Å²) in [6, 6.07) is 7.96. The van der Waals surface area contributed by atoms with Gasteiger partial charge < -0.3 is 25.6 Å². The lowest BCUT2D eigenvalue weighted by molar-refractivity contribution is -0.121. The molecule has 7 heteroatoms. The van der Waals surface area contributed by atoms with E-state index in [2.05, 4.69) is 22.3 Å². The van der Waals surface area contributed by atoms with Gasteiger partial charge in [-0.2, -0.15) is 0 Å². The summed E-state index contributed by atoms with van der Waals surface area (Å²) in [5, 5.41) is 3.06. The van der Waals surface area contributed by atoms with Crippen LogP contribution < -0.4 is 15.8 Å². The molecule has 2 aliphatic heterocycles. The molecule has 2 heterocycles. The quantitative estimate of drug-likeness (QED) is 0.694. The number of carbonyl (C=O) groups is 2. The predicted molar refractivity (Wildman–Crippen MR) is 127 cm³/mol. The van der Waals surface area contributed by atoms with E-state index in [1.165, 1.54) is 18.5 Å². The number of benzene rings is 1. The van der Waals surface area contributed by atoms with E-state index in [0.717, 1.165) is 42.9 Å². The first-order valence-corrected chi connectivity index (χ1v) is 12.3. The van der Waals surface area contributed by atoms with Crippen LogP contribution in [0.5, 0.6) is 5.75 Å². The molecule has 0 aromatic heterocycles. The Morgan fingerprint density at radius 3 is 2.36 bits per heavy atom. The number of nitrogens with one attached hydrogen (secondary N) is 1. The maximum Gasteiger partial charge on any atom is 0.317 e. The first kappa shape index (κ1) is 22.1. The van der Waals surface area contributed by atoms with Gasteiger partial charge in [0.1, 0.15) is 5.75 Å². The molecule has 0 spiro atoms. The normalized spacial score (nSPS) is 25.2. The average molecular weight is 453 g/mol. The van der Waals surface area contributed by atoms with E-state index in [1.807, 2.05) is 37.8 Å². The molecule has 2 aliphatic carbocycles. The van der Waals surface area contributed by atoms with E-state index in [4.69, 9.17) is 10.5 Å². The Kier molecular flexibility index (Phi) is 5.53. The largest absolute Gasteiger partial charge is 0.493 e. The maximum atomic E-state index is 12.9. The molecule has 5 rings (SSSR count). The van der Waals surface area contributed by atoms with Crippen molar-refractivity contribution in [2.75, 3.05) is 26.2 Å². The summed E-state index contributed by atoms with van der Waals surface area (Å²) in [5.41, 5.74) is 9.07. The Hall–Kier alpha value is -2.70. The molecule has 0 bridgehead atoms. The third-order valence-electron chi connectivity index (χ3n) is 7.09. The molecule has 2 saturated carbocycles. The monoisotopic (exact) mass is 452 g/mol. The van der Waals surface area contributed by atoms with Gasteiger partial charge in [0.25, 0.3) is 0 Å². The number of allylic oxidation sites excluding steroid dienone is 1. The van der Waals surface area contributed by atoms with Crippen molar-refractivity contribution in [1.82, 2.24) is 15.1 Å². The Morgan fingerprint density at radius 2 is 1.79 bits per heavy atom. The first-order chi connectivity index (χ1) is 15.7. The number of rotatable bonds is 6. The fourth-order valence-electron chi connectivity index (χ4n) is 5.18. The highest BCUT2D eigenvalue weighted by atomic mass is 16.5. The molecule has 178 valence electrons. The number of urea groups is 1. The molecule has 1 saturated heterocycles. The van der Waals surface area contributed by atoms with Gasteiger partial charge in [-0.3, -0.25) is 4.79 Å². The van der Waals surface area contributed by atoms with Gasteiger partial charge in [0.15, 0.2) is 0 Å². The number of fused-ring (bicyclic) bond motifs is 1. The highest BCUT2D eigenvalue weighted by Gasteiger charge is 2.50. The van der Waals surface area contributed by atoms with E-state index in [-0.39, 0.29) is 23.5 Å². The summed E-state index contributed by atoms with van der Waals surface area (Å²) in [6.07, 6.45) is 4.81. The van der Waals surface area contributed by atoms with Crippen molar-refractivity contribution in [3.8, 4) is 5.75 Å². The molecule has 1 aromatic carbocycles. The molecule has 2 unspecified atom stereocenters. The van der Waals surface area contributed by atoms with Crippen LogP contribution in [0.15, 0.2) is 30.0 Å². The van der Waals surface area contributed by atoms with E-state index in [0.29, 0.717) is 24.9 Å². The van der Waals surface area contributed by atoms with Crippen molar-refractivity contribution in [1.29, 1.82) is 0 Å². The van der Waals surface area contributed by atoms with Crippen LogP contribution in [-0.4, -0.2) is 59.6 Å². The second kappa shape index (κ2) is 8.26. The van der Waals surface area contributed by atoms with Crippen LogP contribution in [0.25, 0.3) is 5.57 Å². The first-order valence-electron chi connectivity index (χ1n) is 12.3. The van der Waals surface area contributed by atoms with Crippen molar-refractivity contribution >= 4 is 17.5 Å². The van der Waals surface area contributed by atoms with Crippen molar-refractivity contribution < 1.29 is 14.3 Å². The van der Waals surface area contributed by atoms with E-state index in [9.17, 15) is 9.59 Å². The summed E-state index contributed by atoms with van der Waals surface area (Å²) in [4.78, 5) is 29.9. The number of ether oxygens (including phenoxy) is 1. The zero-order valence-corrected chi connectivity index (χ0v) is 20.0. The van der Waals surface area contributed by atoms with Crippen molar-refractivity contribution in [3.63, 3.8) is 0 Å². The molecule has 0 radical (unpaired) electrons. The lowest BCUT2D eigenvalue weighted by atomic mass is 9.87. The fraction of sp³-hybridized carbons (Fsp3) is 0.615. The van der Waals surface area contributed by atoms with E-state index in [1.54, 1.807) is 0 Å². The van der Waals surface area contributed by atoms with Gasteiger partial charge in [-0.1, -0.05) is 12.1 Å². The Bertz CT molecular complexity index is 957. The smallest absolute Gasteiger partial charge is 0.317 e. The van der Waals surface area contributed by atoms with Gasteiger partial charge >= 0.3 is 6.03 Å². The topological polar surface area (TPSA) is 87.9 Å². The van der Waals surface area contributed by atoms with Crippen molar-refractivity contribution in [2.45, 2.75) is 58.0 Å². The lowest BCUT2D eigenvalue weighted by Crippen LogP contribution is -2.59. The predicted octanol–water partition coefficient (Wildman–Crippen LogP) is 3.21. The summed E-state index contributed by atoms with van der Waals surface area (Å²) in [7, 11) is 0. The Morgan fingerprint density at radius 1 is 1.09 bits per heavy atom. The van der Waals surface area contributed by atoms with Crippen LogP contribution in [0.2, 0.25) is 0 Å². The van der Waals surface area contributed by atoms with Crippen LogP contribution in [0.3, 0.4) is 0 Å². The Balaban J connectivity index is 1.41. The minimum absolute atomic E-state index is 0.0797. The molecule has 3 fully saturated rings. The zero-order chi connectivity index (χ0) is 23.3. The van der Waals surface area contributed by atoms with Crippen molar-refractivity contribution in [3.05, 3.63) is 35.5 Å². The fourth-order valence-corrected chi connectivity index (χ4v) is 5.18. The molecule has 3 amide bonds. The van der Waals surface area contributed by atoms with Crippen LogP contribution in [0.1, 0.15) is 52.0 Å². The molecule has 1 aromatic rings. The zero-order valence-electron chi connectivity index (χ0n) is 20.0. The number of hydrogen-bond donors (Lipinski definition) is 2. The second-order valence-corrected chi connectivity index (χ2v) is 11.1. The average Bonchev–Trinajstić information content (AvgIpc) is 3.68. The minimum Gasteiger partial charge on any atom is -0.493 e. The molecule has 33 heavy (non-hydrogen) atoms. The third-order valence-corrected chi connectivity index (χ3v) is 7.09. The van der Waals surface area contributed by atoms with Gasteiger partial charge in [0.05, 0.1) is 18.6 Å². The van der Waals surface area contributed by atoms with E-state index >= 15 is 0 Å². The van der Waals surface area contributed by atoms with Gasteiger partial charge in [-0.25, -0.2) is 4.79 Å². The number of piperazine rings is 1. The highest BCUT2D eigenvalue weighted by molar-refractivity contribution is 5.94. The van der Waals surface area contributed by atoms with Crippen LogP contribution in [0, 0.1) is 17.8 Å². The minimum atomic E-state index is -0.427. The molecule has 2 atom stereocenters. The molecule has 3 N–H and O–H groups in total.